The van der Waals surface area contributed by atoms with Crippen molar-refractivity contribution in [3.05, 3.63) is 0 Å². The lowest BCUT2D eigenvalue weighted by molar-refractivity contribution is 0.101. The second-order valence-electron chi connectivity index (χ2n) is 1.80. The van der Waals surface area contributed by atoms with Crippen LogP contribution in [0.5, 0.6) is 0 Å². The molecule has 1 unspecified atom stereocenters. The van der Waals surface area contributed by atoms with Crippen LogP contribution >= 0.6 is 0 Å². The van der Waals surface area contributed by atoms with E-state index in [1.165, 1.54) is 0 Å². The molecule has 0 heterocycles. The van der Waals surface area contributed by atoms with E-state index >= 15 is 0 Å². The van der Waals surface area contributed by atoms with Gasteiger partial charge in [0.25, 0.3) is 0 Å². The highest BCUT2D eigenvalue weighted by Gasteiger charge is 2.02. The number of nitrogens with two attached hydrogens (primary N) is 1. The smallest absolute Gasteiger partial charge is 0.0691 e. The Morgan fingerprint density at radius 1 is 1.43 bits per heavy atom. The molecule has 0 bridgehead atoms. The van der Waals surface area contributed by atoms with E-state index in [1.807, 2.05) is 13.8 Å². The van der Waals surface area contributed by atoms with Crippen molar-refractivity contribution in [2.24, 2.45) is 5.73 Å². The van der Waals surface area contributed by atoms with E-state index in [0.29, 0.717) is 0 Å². The van der Waals surface area contributed by atoms with Gasteiger partial charge in [-0.05, 0) is 13.8 Å². The third kappa shape index (κ3) is 2.60. The van der Waals surface area contributed by atoms with Crippen molar-refractivity contribution in [2.45, 2.75) is 26.0 Å². The Kier molecular flexibility index (Phi) is 2.96. The first-order chi connectivity index (χ1) is 3.18. The zero-order valence-corrected chi connectivity index (χ0v) is 5.14. The molecule has 0 saturated heterocycles. The molecule has 0 radical (unpaired) electrons. The summed E-state index contributed by atoms with van der Waals surface area (Å²) in [6.07, 6.45) is 0.181. The minimum atomic E-state index is 0.144. The van der Waals surface area contributed by atoms with Crippen molar-refractivity contribution in [2.75, 3.05) is 7.11 Å². The minimum absolute atomic E-state index is 0.144. The largest absolute Gasteiger partial charge is 0.380 e. The zero-order chi connectivity index (χ0) is 5.86. The molecule has 0 fully saturated rings. The van der Waals surface area contributed by atoms with Crippen LogP contribution < -0.4 is 5.73 Å². The van der Waals surface area contributed by atoms with Gasteiger partial charge in [0.2, 0.25) is 0 Å². The van der Waals surface area contributed by atoms with E-state index in [-0.39, 0.29) is 12.1 Å². The summed E-state index contributed by atoms with van der Waals surface area (Å²) in [4.78, 5) is 0. The molecule has 0 saturated carbocycles. The molecule has 0 aromatic heterocycles. The number of hydrogen-bond acceptors (Lipinski definition) is 2. The lowest BCUT2D eigenvalue weighted by Gasteiger charge is -2.11. The average Bonchev–Trinajstić information content (AvgIpc) is 1.65. The van der Waals surface area contributed by atoms with E-state index < -0.39 is 0 Å². The van der Waals surface area contributed by atoms with Crippen molar-refractivity contribution in [3.8, 4) is 0 Å². The molecule has 2 N–H and O–H groups in total. The fourth-order valence-corrected chi connectivity index (χ4v) is 0.215. The summed E-state index contributed by atoms with van der Waals surface area (Å²) in [5.41, 5.74) is 5.42. The number of ether oxygens (including phenoxy) is 1. The Bertz CT molecular complexity index is 45.3. The van der Waals surface area contributed by atoms with Gasteiger partial charge in [0.15, 0.2) is 0 Å². The Morgan fingerprint density at radius 2 is 1.86 bits per heavy atom. The summed E-state index contributed by atoms with van der Waals surface area (Å²) in [6, 6.07) is 0.144. The molecule has 0 aromatic carbocycles. The molecular formula is C5H13NO. The monoisotopic (exact) mass is 103 g/mol. The van der Waals surface area contributed by atoms with E-state index in [1.54, 1.807) is 7.11 Å². The summed E-state index contributed by atoms with van der Waals surface area (Å²) in [7, 11) is 1.66. The number of rotatable bonds is 2. The van der Waals surface area contributed by atoms with Crippen molar-refractivity contribution < 1.29 is 4.74 Å². The molecule has 2 heteroatoms. The molecule has 2 nitrogen and oxygen atoms in total. The molecular weight excluding hydrogens is 90.1 g/mol. The SMILES string of the molecule is CO[C@@H](C)C(C)N. The fourth-order valence-electron chi connectivity index (χ4n) is 0.215. The highest BCUT2D eigenvalue weighted by atomic mass is 16.5. The van der Waals surface area contributed by atoms with Gasteiger partial charge < -0.3 is 10.5 Å². The first-order valence-electron chi connectivity index (χ1n) is 2.47. The third-order valence-electron chi connectivity index (χ3n) is 1.11. The van der Waals surface area contributed by atoms with Crippen LogP contribution in [0.2, 0.25) is 0 Å². The second kappa shape index (κ2) is 2.99. The van der Waals surface area contributed by atoms with Gasteiger partial charge in [0, 0.05) is 13.2 Å². The van der Waals surface area contributed by atoms with Gasteiger partial charge in [0.05, 0.1) is 6.10 Å². The fraction of sp³-hybridized carbons (Fsp3) is 1.00. The summed E-state index contributed by atoms with van der Waals surface area (Å²) < 4.78 is 4.89. The standard InChI is InChI=1S/C5H13NO/c1-4(6)5(2)7-3/h4-5H,6H2,1-3H3/t4?,5-/m0/s1. The zero-order valence-electron chi connectivity index (χ0n) is 5.14. The lowest BCUT2D eigenvalue weighted by Crippen LogP contribution is -2.30. The van der Waals surface area contributed by atoms with Crippen molar-refractivity contribution in [3.63, 3.8) is 0 Å². The molecule has 0 spiro atoms. The summed E-state index contributed by atoms with van der Waals surface area (Å²) >= 11 is 0. The highest BCUT2D eigenvalue weighted by molar-refractivity contribution is 4.60. The van der Waals surface area contributed by atoms with E-state index in [9.17, 15) is 0 Å². The second-order valence-corrected chi connectivity index (χ2v) is 1.80. The Hall–Kier alpha value is -0.0800. The van der Waals surface area contributed by atoms with Crippen LogP contribution in [0.15, 0.2) is 0 Å². The average molecular weight is 103 g/mol. The maximum atomic E-state index is 5.42. The highest BCUT2D eigenvalue weighted by Crippen LogP contribution is 1.89. The van der Waals surface area contributed by atoms with Crippen molar-refractivity contribution in [1.29, 1.82) is 0 Å². The van der Waals surface area contributed by atoms with Crippen LogP contribution in [0, 0.1) is 0 Å². The van der Waals surface area contributed by atoms with Crippen molar-refractivity contribution in [1.82, 2.24) is 0 Å². The Labute approximate surface area is 44.7 Å². The normalized spacial score (nSPS) is 18.9. The van der Waals surface area contributed by atoms with Crippen LogP contribution in [-0.4, -0.2) is 19.3 Å². The van der Waals surface area contributed by atoms with Gasteiger partial charge in [-0.25, -0.2) is 0 Å². The predicted molar refractivity (Wildman–Crippen MR) is 30.1 cm³/mol. The molecule has 0 aliphatic heterocycles. The summed E-state index contributed by atoms with van der Waals surface area (Å²) in [6.45, 7) is 3.87. The molecule has 7 heavy (non-hydrogen) atoms. The third-order valence-corrected chi connectivity index (χ3v) is 1.11. The topological polar surface area (TPSA) is 35.2 Å². The number of methoxy groups -OCH3 is 1. The van der Waals surface area contributed by atoms with E-state index in [2.05, 4.69) is 0 Å². The Morgan fingerprint density at radius 3 is 1.86 bits per heavy atom. The van der Waals surface area contributed by atoms with Crippen LogP contribution in [-0.2, 0) is 4.74 Å². The van der Waals surface area contributed by atoms with Gasteiger partial charge in [-0.1, -0.05) is 0 Å². The molecule has 0 rings (SSSR count). The first-order valence-corrected chi connectivity index (χ1v) is 2.47. The summed E-state index contributed by atoms with van der Waals surface area (Å²) in [5.74, 6) is 0. The van der Waals surface area contributed by atoms with Gasteiger partial charge >= 0.3 is 0 Å². The van der Waals surface area contributed by atoms with Crippen LogP contribution in [0.3, 0.4) is 0 Å². The molecule has 0 aliphatic carbocycles. The summed E-state index contributed by atoms with van der Waals surface area (Å²) in [5, 5.41) is 0. The van der Waals surface area contributed by atoms with Gasteiger partial charge in [-0.2, -0.15) is 0 Å². The molecule has 0 amide bonds. The predicted octanol–water partition coefficient (Wildman–Crippen LogP) is 0.368. The first kappa shape index (κ1) is 6.92. The van der Waals surface area contributed by atoms with Gasteiger partial charge in [-0.3, -0.25) is 0 Å². The Balaban J connectivity index is 3.14. The van der Waals surface area contributed by atoms with Crippen LogP contribution in [0.4, 0.5) is 0 Å². The van der Waals surface area contributed by atoms with Gasteiger partial charge in [0.1, 0.15) is 0 Å². The van der Waals surface area contributed by atoms with Crippen molar-refractivity contribution >= 4 is 0 Å². The molecule has 0 aliphatic rings. The quantitative estimate of drug-likeness (QED) is 0.548. The lowest BCUT2D eigenvalue weighted by atomic mass is 10.2. The molecule has 44 valence electrons. The van der Waals surface area contributed by atoms with Crippen LogP contribution in [0.1, 0.15) is 13.8 Å². The minimum Gasteiger partial charge on any atom is -0.380 e. The maximum absolute atomic E-state index is 5.42. The van der Waals surface area contributed by atoms with Gasteiger partial charge in [-0.15, -0.1) is 0 Å². The molecule has 2 atom stereocenters. The van der Waals surface area contributed by atoms with E-state index in [0.717, 1.165) is 0 Å². The van der Waals surface area contributed by atoms with Crippen LogP contribution in [0.25, 0.3) is 0 Å². The maximum Gasteiger partial charge on any atom is 0.0691 e. The van der Waals surface area contributed by atoms with E-state index in [4.69, 9.17) is 10.5 Å². The number of hydrogen-bond donors (Lipinski definition) is 1. The molecule has 0 aromatic rings.